The summed E-state index contributed by atoms with van der Waals surface area (Å²) in [6.45, 7) is 2.25. The fourth-order valence-corrected chi connectivity index (χ4v) is 1.77. The summed E-state index contributed by atoms with van der Waals surface area (Å²) >= 11 is 0. The zero-order valence-electron chi connectivity index (χ0n) is 9.71. The molecule has 1 aromatic rings. The number of phenols is 1. The van der Waals surface area contributed by atoms with Gasteiger partial charge in [-0.1, -0.05) is 51.2 Å². The molecule has 0 saturated heterocycles. The Morgan fingerprint density at radius 3 is 2.06 bits per heavy atom. The molecule has 0 fully saturated rings. The molecule has 0 aliphatic carbocycles. The van der Waals surface area contributed by atoms with Gasteiger partial charge in [0, 0.05) is 0 Å². The van der Waals surface area contributed by atoms with Crippen molar-refractivity contribution in [3.8, 4) is 5.75 Å². The number of phenolic OH excluding ortho intramolecular Hbond substituents is 1. The molecule has 0 spiro atoms. The molecule has 0 saturated carbocycles. The van der Waals surface area contributed by atoms with E-state index < -0.39 is 0 Å². The summed E-state index contributed by atoms with van der Waals surface area (Å²) in [4.78, 5) is 0. The van der Waals surface area contributed by atoms with Crippen LogP contribution >= 0.6 is 0 Å². The summed E-state index contributed by atoms with van der Waals surface area (Å²) < 4.78 is 0. The van der Waals surface area contributed by atoms with Crippen LogP contribution in [0.4, 0.5) is 0 Å². The molecular formula is C14H24CaO. The van der Waals surface area contributed by atoms with Gasteiger partial charge in [0.2, 0.25) is 0 Å². The van der Waals surface area contributed by atoms with Crippen molar-refractivity contribution >= 4 is 37.7 Å². The van der Waals surface area contributed by atoms with Crippen LogP contribution in [0.1, 0.15) is 51.0 Å². The SMILES string of the molecule is CCCCCCCCc1ccc(O)cc1.[CaH2]. The van der Waals surface area contributed by atoms with Gasteiger partial charge >= 0.3 is 37.7 Å². The van der Waals surface area contributed by atoms with E-state index in [2.05, 4.69) is 6.92 Å². The van der Waals surface area contributed by atoms with Crippen molar-refractivity contribution < 1.29 is 5.11 Å². The molecule has 0 aliphatic heterocycles. The average Bonchev–Trinajstić information content (AvgIpc) is 2.26. The predicted octanol–water partition coefficient (Wildman–Crippen LogP) is 3.38. The molecule has 1 nitrogen and oxygen atoms in total. The van der Waals surface area contributed by atoms with Gasteiger partial charge in [-0.3, -0.25) is 0 Å². The summed E-state index contributed by atoms with van der Waals surface area (Å²) in [7, 11) is 0. The van der Waals surface area contributed by atoms with Crippen LogP contribution in [-0.4, -0.2) is 42.8 Å². The van der Waals surface area contributed by atoms with Gasteiger partial charge in [-0.15, -0.1) is 0 Å². The molecule has 0 amide bonds. The first-order valence-electron chi connectivity index (χ1n) is 6.11. The van der Waals surface area contributed by atoms with E-state index in [9.17, 15) is 0 Å². The summed E-state index contributed by atoms with van der Waals surface area (Å²) in [6.07, 6.45) is 9.19. The Labute approximate surface area is 129 Å². The second-order valence-electron chi connectivity index (χ2n) is 4.18. The maximum atomic E-state index is 9.13. The molecular weight excluding hydrogens is 224 g/mol. The molecule has 0 heterocycles. The first-order chi connectivity index (χ1) is 7.33. The van der Waals surface area contributed by atoms with Crippen LogP contribution in [0.2, 0.25) is 0 Å². The molecule has 0 aliphatic rings. The Bertz CT molecular complexity index is 256. The summed E-state index contributed by atoms with van der Waals surface area (Å²) in [5, 5.41) is 9.13. The van der Waals surface area contributed by atoms with E-state index in [1.165, 1.54) is 44.1 Å². The fraction of sp³-hybridized carbons (Fsp3) is 0.571. The van der Waals surface area contributed by atoms with Crippen molar-refractivity contribution in [3.63, 3.8) is 0 Å². The van der Waals surface area contributed by atoms with Crippen LogP contribution in [0, 0.1) is 0 Å². The van der Waals surface area contributed by atoms with Gasteiger partial charge < -0.3 is 5.11 Å². The zero-order chi connectivity index (χ0) is 10.9. The van der Waals surface area contributed by atoms with Crippen LogP contribution < -0.4 is 0 Å². The summed E-state index contributed by atoms with van der Waals surface area (Å²) in [5.74, 6) is 0.363. The van der Waals surface area contributed by atoms with Gasteiger partial charge in [0.15, 0.2) is 0 Å². The number of hydrogen-bond donors (Lipinski definition) is 1. The van der Waals surface area contributed by atoms with Crippen molar-refractivity contribution in [3.05, 3.63) is 29.8 Å². The van der Waals surface area contributed by atoms with E-state index in [0.717, 1.165) is 6.42 Å². The maximum absolute atomic E-state index is 9.13. The molecule has 1 aromatic carbocycles. The van der Waals surface area contributed by atoms with Crippen LogP contribution in [0.25, 0.3) is 0 Å². The van der Waals surface area contributed by atoms with Gasteiger partial charge in [-0.05, 0) is 30.5 Å². The summed E-state index contributed by atoms with van der Waals surface area (Å²) in [5.41, 5.74) is 1.34. The van der Waals surface area contributed by atoms with Crippen molar-refractivity contribution in [1.29, 1.82) is 0 Å². The third kappa shape index (κ3) is 7.54. The van der Waals surface area contributed by atoms with E-state index in [1.807, 2.05) is 12.1 Å². The molecule has 1 N–H and O–H groups in total. The number of rotatable bonds is 7. The van der Waals surface area contributed by atoms with Crippen molar-refractivity contribution in [2.75, 3.05) is 0 Å². The molecule has 88 valence electrons. The van der Waals surface area contributed by atoms with Gasteiger partial charge in [-0.2, -0.15) is 0 Å². The van der Waals surface area contributed by atoms with Crippen LogP contribution in [0.3, 0.4) is 0 Å². The van der Waals surface area contributed by atoms with Gasteiger partial charge in [0.05, 0.1) is 0 Å². The Balaban J connectivity index is 0.00000225. The summed E-state index contributed by atoms with van der Waals surface area (Å²) in [6, 6.07) is 7.57. The zero-order valence-corrected chi connectivity index (χ0v) is 9.71. The standard InChI is InChI=1S/C14H22O.Ca.2H/c1-2-3-4-5-6-7-8-13-9-11-14(15)12-10-13;;;/h9-12,15H,2-8H2,1H3;;;. The van der Waals surface area contributed by atoms with Gasteiger partial charge in [-0.25, -0.2) is 0 Å². The number of aromatic hydroxyl groups is 1. The minimum atomic E-state index is 0. The van der Waals surface area contributed by atoms with E-state index in [4.69, 9.17) is 5.11 Å². The number of aryl methyl sites for hydroxylation is 1. The van der Waals surface area contributed by atoms with Crippen LogP contribution in [-0.2, 0) is 6.42 Å². The topological polar surface area (TPSA) is 20.2 Å². The number of hydrogen-bond acceptors (Lipinski definition) is 1. The average molecular weight is 248 g/mol. The molecule has 0 aromatic heterocycles. The molecule has 1 rings (SSSR count). The minimum absolute atomic E-state index is 0. The molecule has 0 atom stereocenters. The first-order valence-corrected chi connectivity index (χ1v) is 6.11. The second-order valence-corrected chi connectivity index (χ2v) is 4.18. The number of benzene rings is 1. The molecule has 0 unspecified atom stereocenters. The van der Waals surface area contributed by atoms with E-state index >= 15 is 0 Å². The quantitative estimate of drug-likeness (QED) is 0.579. The third-order valence-electron chi connectivity index (χ3n) is 2.76. The van der Waals surface area contributed by atoms with Crippen LogP contribution in [0.15, 0.2) is 24.3 Å². The van der Waals surface area contributed by atoms with E-state index in [-0.39, 0.29) is 37.7 Å². The fourth-order valence-electron chi connectivity index (χ4n) is 1.77. The molecule has 0 radical (unpaired) electrons. The van der Waals surface area contributed by atoms with Crippen LogP contribution in [0.5, 0.6) is 5.75 Å². The molecule has 2 heteroatoms. The number of unbranched alkanes of at least 4 members (excludes halogenated alkanes) is 5. The molecule has 0 bridgehead atoms. The van der Waals surface area contributed by atoms with Gasteiger partial charge in [0.1, 0.15) is 5.75 Å². The van der Waals surface area contributed by atoms with Crippen molar-refractivity contribution in [2.24, 2.45) is 0 Å². The Kier molecular flexibility index (Phi) is 10.6. The van der Waals surface area contributed by atoms with E-state index in [0.29, 0.717) is 5.75 Å². The Hall–Kier alpha value is 0.280. The van der Waals surface area contributed by atoms with Crippen molar-refractivity contribution in [1.82, 2.24) is 0 Å². The Morgan fingerprint density at radius 2 is 1.44 bits per heavy atom. The first kappa shape index (κ1) is 16.3. The third-order valence-corrected chi connectivity index (χ3v) is 2.76. The van der Waals surface area contributed by atoms with E-state index in [1.54, 1.807) is 12.1 Å². The molecule has 16 heavy (non-hydrogen) atoms. The van der Waals surface area contributed by atoms with Gasteiger partial charge in [0.25, 0.3) is 0 Å². The predicted molar refractivity (Wildman–Crippen MR) is 73.7 cm³/mol. The van der Waals surface area contributed by atoms with Crippen molar-refractivity contribution in [2.45, 2.75) is 51.9 Å². The second kappa shape index (κ2) is 10.4. The Morgan fingerprint density at radius 1 is 0.875 bits per heavy atom. The normalized spacial score (nSPS) is 9.81. The monoisotopic (exact) mass is 248 g/mol.